The van der Waals surface area contributed by atoms with Gasteiger partial charge in [-0.2, -0.15) is 10.0 Å². The summed E-state index contributed by atoms with van der Waals surface area (Å²) in [5.74, 6) is 0.314. The lowest BCUT2D eigenvalue weighted by Gasteiger charge is -2.27. The summed E-state index contributed by atoms with van der Waals surface area (Å²) in [7, 11) is 1.83. The molecule has 24 heavy (non-hydrogen) atoms. The summed E-state index contributed by atoms with van der Waals surface area (Å²) in [6.45, 7) is 0. The van der Waals surface area contributed by atoms with Crippen LogP contribution in [0.1, 0.15) is 5.56 Å². The molecule has 0 saturated heterocycles. The maximum atomic E-state index is 11.7. The van der Waals surface area contributed by atoms with Crippen LogP contribution in [0.3, 0.4) is 0 Å². The molecular formula is C15H14N6O3. The van der Waals surface area contributed by atoms with Crippen LogP contribution in [0.5, 0.6) is 11.6 Å². The predicted molar refractivity (Wildman–Crippen MR) is 83.8 cm³/mol. The number of ether oxygens (including phenoxy) is 1. The summed E-state index contributed by atoms with van der Waals surface area (Å²) in [5.41, 5.74) is 8.07. The Morgan fingerprint density at radius 3 is 3.00 bits per heavy atom. The minimum atomic E-state index is -0.778. The molecule has 0 fully saturated rings. The minimum Gasteiger partial charge on any atom is -0.437 e. The van der Waals surface area contributed by atoms with Gasteiger partial charge in [0.15, 0.2) is 11.2 Å². The normalized spacial score (nSPS) is 17.2. The average molecular weight is 326 g/mol. The number of aromatic nitrogens is 4. The van der Waals surface area contributed by atoms with Gasteiger partial charge in [0.25, 0.3) is 11.8 Å². The topological polar surface area (TPSA) is 119 Å². The molecule has 122 valence electrons. The number of imidazole rings is 1. The van der Waals surface area contributed by atoms with Crippen LogP contribution in [-0.4, -0.2) is 36.7 Å². The molecule has 0 radical (unpaired) electrons. The fraction of sp³-hybridized carbons (Fsp3) is 0.200. The summed E-state index contributed by atoms with van der Waals surface area (Å²) in [6.07, 6.45) is 3.36. The van der Waals surface area contributed by atoms with E-state index in [4.69, 9.17) is 10.5 Å². The Morgan fingerprint density at radius 1 is 1.33 bits per heavy atom. The first-order valence-electron chi connectivity index (χ1n) is 7.26. The van der Waals surface area contributed by atoms with Gasteiger partial charge >= 0.3 is 0 Å². The highest BCUT2D eigenvalue weighted by Crippen LogP contribution is 2.32. The molecule has 4 rings (SSSR count). The first-order chi connectivity index (χ1) is 11.5. The van der Waals surface area contributed by atoms with Gasteiger partial charge < -0.3 is 15.0 Å². The predicted octanol–water partition coefficient (Wildman–Crippen LogP) is 0.761. The molecule has 2 aromatic heterocycles. The first kappa shape index (κ1) is 14.5. The van der Waals surface area contributed by atoms with E-state index in [0.29, 0.717) is 45.5 Å². The van der Waals surface area contributed by atoms with E-state index in [1.807, 2.05) is 7.05 Å². The maximum Gasteiger partial charge on any atom is 0.267 e. The summed E-state index contributed by atoms with van der Waals surface area (Å²) in [5, 5.41) is 10.4. The van der Waals surface area contributed by atoms with E-state index in [-0.39, 0.29) is 0 Å². The molecule has 3 aromatic rings. The van der Waals surface area contributed by atoms with Crippen LogP contribution < -0.4 is 15.5 Å². The number of anilines is 1. The molecule has 1 amide bonds. The van der Waals surface area contributed by atoms with Crippen LogP contribution >= 0.6 is 0 Å². The molecular weight excluding hydrogens is 312 g/mol. The lowest BCUT2D eigenvalue weighted by Crippen LogP contribution is -2.47. The van der Waals surface area contributed by atoms with Gasteiger partial charge in [0.05, 0.1) is 18.1 Å². The largest absolute Gasteiger partial charge is 0.437 e. The summed E-state index contributed by atoms with van der Waals surface area (Å²) >= 11 is 0. The molecule has 1 aliphatic rings. The van der Waals surface area contributed by atoms with E-state index in [2.05, 4.69) is 15.0 Å². The van der Waals surface area contributed by atoms with Gasteiger partial charge in [-0.05, 0) is 30.2 Å². The van der Waals surface area contributed by atoms with Crippen molar-refractivity contribution in [1.82, 2.24) is 19.5 Å². The van der Waals surface area contributed by atoms with Gasteiger partial charge in [0.1, 0.15) is 12.1 Å². The molecule has 3 heterocycles. The highest BCUT2D eigenvalue weighted by Gasteiger charge is 2.30. The Bertz CT molecular complexity index is 954. The van der Waals surface area contributed by atoms with Crippen molar-refractivity contribution in [3.05, 3.63) is 36.4 Å². The van der Waals surface area contributed by atoms with Crippen molar-refractivity contribution in [2.75, 3.05) is 5.06 Å². The van der Waals surface area contributed by atoms with Crippen molar-refractivity contribution < 1.29 is 14.7 Å². The SMILES string of the molecule is Cn1cnc2c(Oc3ccc4c(c3)CC(N)C(=O)N4O)ncnc21. The second-order valence-corrected chi connectivity index (χ2v) is 5.56. The number of carbonyl (C=O) groups is 1. The van der Waals surface area contributed by atoms with Gasteiger partial charge in [-0.3, -0.25) is 10.0 Å². The molecule has 0 saturated carbocycles. The van der Waals surface area contributed by atoms with Gasteiger partial charge in [-0.25, -0.2) is 9.97 Å². The van der Waals surface area contributed by atoms with E-state index >= 15 is 0 Å². The van der Waals surface area contributed by atoms with Crippen molar-refractivity contribution in [2.45, 2.75) is 12.5 Å². The first-order valence-corrected chi connectivity index (χ1v) is 7.26. The summed E-state index contributed by atoms with van der Waals surface area (Å²) in [6, 6.07) is 4.19. The van der Waals surface area contributed by atoms with Gasteiger partial charge in [0, 0.05) is 7.05 Å². The van der Waals surface area contributed by atoms with Crippen LogP contribution in [0.15, 0.2) is 30.9 Å². The molecule has 0 bridgehead atoms. The summed E-state index contributed by atoms with van der Waals surface area (Å²) in [4.78, 5) is 24.2. The molecule has 9 heteroatoms. The molecule has 9 nitrogen and oxygen atoms in total. The third-order valence-electron chi connectivity index (χ3n) is 3.92. The lowest BCUT2D eigenvalue weighted by atomic mass is 9.99. The van der Waals surface area contributed by atoms with Crippen LogP contribution in [-0.2, 0) is 18.3 Å². The van der Waals surface area contributed by atoms with Gasteiger partial charge in [-0.15, -0.1) is 0 Å². The fourth-order valence-electron chi connectivity index (χ4n) is 2.71. The Labute approximate surface area is 136 Å². The average Bonchev–Trinajstić information content (AvgIpc) is 2.95. The number of aryl methyl sites for hydroxylation is 1. The zero-order valence-corrected chi connectivity index (χ0v) is 12.7. The van der Waals surface area contributed by atoms with E-state index in [9.17, 15) is 10.0 Å². The number of fused-ring (bicyclic) bond motifs is 2. The smallest absolute Gasteiger partial charge is 0.267 e. The van der Waals surface area contributed by atoms with Crippen molar-refractivity contribution in [1.29, 1.82) is 0 Å². The van der Waals surface area contributed by atoms with Crippen molar-refractivity contribution in [3.8, 4) is 11.6 Å². The Hall–Kier alpha value is -3.04. The monoisotopic (exact) mass is 326 g/mol. The standard InChI is InChI=1S/C15H14N6O3/c1-20-7-19-12-13(20)17-6-18-14(12)24-9-2-3-11-8(4-9)5-10(16)15(22)21(11)23/h2-4,6-7,10,23H,5,16H2,1H3. The Kier molecular flexibility index (Phi) is 3.18. The number of hydroxylamine groups is 1. The fourth-order valence-corrected chi connectivity index (χ4v) is 2.71. The highest BCUT2D eigenvalue weighted by molar-refractivity contribution is 5.98. The van der Waals surface area contributed by atoms with Crippen LogP contribution in [0.4, 0.5) is 5.69 Å². The number of nitrogens with two attached hydrogens (primary N) is 1. The summed E-state index contributed by atoms with van der Waals surface area (Å²) < 4.78 is 7.58. The van der Waals surface area contributed by atoms with Crippen LogP contribution in [0, 0.1) is 0 Å². The molecule has 1 aromatic carbocycles. The van der Waals surface area contributed by atoms with Crippen LogP contribution in [0.25, 0.3) is 11.2 Å². The second-order valence-electron chi connectivity index (χ2n) is 5.56. The van der Waals surface area contributed by atoms with Gasteiger partial charge in [-0.1, -0.05) is 0 Å². The molecule has 1 atom stereocenters. The number of nitrogens with zero attached hydrogens (tertiary/aromatic N) is 5. The molecule has 1 aliphatic heterocycles. The quantitative estimate of drug-likeness (QED) is 0.667. The van der Waals surface area contributed by atoms with Crippen molar-refractivity contribution >= 4 is 22.8 Å². The lowest BCUT2D eigenvalue weighted by molar-refractivity contribution is -0.125. The Balaban J connectivity index is 1.71. The van der Waals surface area contributed by atoms with E-state index in [0.717, 1.165) is 0 Å². The maximum absolute atomic E-state index is 11.7. The number of hydrogen-bond donors (Lipinski definition) is 2. The third-order valence-corrected chi connectivity index (χ3v) is 3.92. The van der Waals surface area contributed by atoms with Crippen LogP contribution in [0.2, 0.25) is 0 Å². The third kappa shape index (κ3) is 2.18. The zero-order valence-electron chi connectivity index (χ0n) is 12.7. The molecule has 1 unspecified atom stereocenters. The van der Waals surface area contributed by atoms with Crippen molar-refractivity contribution in [3.63, 3.8) is 0 Å². The molecule has 0 spiro atoms. The number of hydrogen-bond acceptors (Lipinski definition) is 7. The highest BCUT2D eigenvalue weighted by atomic mass is 16.5. The minimum absolute atomic E-state index is 0.325. The zero-order chi connectivity index (χ0) is 16.8. The Morgan fingerprint density at radius 2 is 2.17 bits per heavy atom. The van der Waals surface area contributed by atoms with E-state index < -0.39 is 11.9 Å². The molecule has 0 aliphatic carbocycles. The number of rotatable bonds is 2. The van der Waals surface area contributed by atoms with E-state index in [1.54, 1.807) is 29.1 Å². The number of carbonyl (C=O) groups excluding carboxylic acids is 1. The van der Waals surface area contributed by atoms with Crippen molar-refractivity contribution in [2.24, 2.45) is 12.8 Å². The van der Waals surface area contributed by atoms with E-state index in [1.165, 1.54) is 6.33 Å². The second kappa shape index (κ2) is 5.25. The molecule has 3 N–H and O–H groups in total. The van der Waals surface area contributed by atoms with Gasteiger partial charge in [0.2, 0.25) is 0 Å². The number of benzene rings is 1. The number of amides is 1.